The molecule has 10 heteroatoms. The third-order valence-electron chi connectivity index (χ3n) is 6.01. The molecule has 2 fully saturated rings. The minimum absolute atomic E-state index is 0.167. The summed E-state index contributed by atoms with van der Waals surface area (Å²) >= 11 is 0. The molecule has 0 radical (unpaired) electrons. The molecule has 3 rings (SSSR count). The average molecular weight is 462 g/mol. The van der Waals surface area contributed by atoms with Crippen LogP contribution in [0.25, 0.3) is 0 Å². The van der Waals surface area contributed by atoms with Gasteiger partial charge in [0, 0.05) is 10.8 Å². The SMILES string of the molecule is CCC(CC)C1(C)COP(=O)(c2cc(O)c(P3(=O)OCC(C)(C)CO3)cc2O)OC1. The highest BCUT2D eigenvalue weighted by atomic mass is 31.2. The molecule has 0 spiro atoms. The fourth-order valence-electron chi connectivity index (χ4n) is 3.92. The molecular formula is C20H32O8P2. The summed E-state index contributed by atoms with van der Waals surface area (Å²) in [5.41, 5.74) is -0.614. The van der Waals surface area contributed by atoms with Crippen molar-refractivity contribution in [2.75, 3.05) is 26.4 Å². The van der Waals surface area contributed by atoms with Crippen molar-refractivity contribution in [1.82, 2.24) is 0 Å². The van der Waals surface area contributed by atoms with Crippen LogP contribution in [-0.2, 0) is 27.2 Å². The lowest BCUT2D eigenvalue weighted by atomic mass is 9.75. The molecule has 8 nitrogen and oxygen atoms in total. The molecule has 0 aromatic heterocycles. The first-order valence-electron chi connectivity index (χ1n) is 10.2. The van der Waals surface area contributed by atoms with Crippen molar-refractivity contribution in [2.24, 2.45) is 16.7 Å². The van der Waals surface area contributed by atoms with Crippen LogP contribution in [0.1, 0.15) is 47.5 Å². The van der Waals surface area contributed by atoms with E-state index in [1.54, 1.807) is 0 Å². The second kappa shape index (κ2) is 8.23. The maximum atomic E-state index is 13.3. The van der Waals surface area contributed by atoms with Gasteiger partial charge >= 0.3 is 15.2 Å². The van der Waals surface area contributed by atoms with Crippen LogP contribution in [0.15, 0.2) is 12.1 Å². The largest absolute Gasteiger partial charge is 0.507 e. The van der Waals surface area contributed by atoms with Crippen LogP contribution in [-0.4, -0.2) is 36.6 Å². The number of hydrogen-bond acceptors (Lipinski definition) is 8. The van der Waals surface area contributed by atoms with Crippen LogP contribution < -0.4 is 10.6 Å². The molecule has 0 atom stereocenters. The molecule has 1 aromatic rings. The number of phenolic OH excluding ortho intramolecular Hbond substituents is 2. The zero-order chi connectivity index (χ0) is 22.4. The summed E-state index contributed by atoms with van der Waals surface area (Å²) in [5.74, 6) is -0.572. The predicted octanol–water partition coefficient (Wildman–Crippen LogP) is 4.30. The number of aromatic hydroxyl groups is 2. The summed E-state index contributed by atoms with van der Waals surface area (Å²) in [6.07, 6.45) is 1.88. The van der Waals surface area contributed by atoms with Gasteiger partial charge in [0.25, 0.3) is 0 Å². The Balaban J connectivity index is 1.86. The second-order valence-corrected chi connectivity index (χ2v) is 13.2. The lowest BCUT2D eigenvalue weighted by Crippen LogP contribution is -2.40. The van der Waals surface area contributed by atoms with E-state index < -0.39 is 26.7 Å². The maximum absolute atomic E-state index is 13.3. The summed E-state index contributed by atoms with van der Waals surface area (Å²) in [5, 5.41) is 20.7. The van der Waals surface area contributed by atoms with Gasteiger partial charge in [-0.25, -0.2) is 0 Å². The number of hydrogen-bond donors (Lipinski definition) is 2. The zero-order valence-electron chi connectivity index (χ0n) is 18.2. The van der Waals surface area contributed by atoms with Gasteiger partial charge in [0.05, 0.1) is 26.4 Å². The first kappa shape index (κ1) is 23.8. The Morgan fingerprint density at radius 1 is 0.833 bits per heavy atom. The lowest BCUT2D eigenvalue weighted by Gasteiger charge is -2.42. The maximum Gasteiger partial charge on any atom is 0.365 e. The Kier molecular flexibility index (Phi) is 6.53. The molecule has 0 saturated carbocycles. The van der Waals surface area contributed by atoms with Gasteiger partial charge in [0.2, 0.25) is 0 Å². The minimum atomic E-state index is -3.86. The van der Waals surface area contributed by atoms with Crippen molar-refractivity contribution >= 4 is 25.8 Å². The molecule has 2 saturated heterocycles. The van der Waals surface area contributed by atoms with Crippen molar-refractivity contribution in [3.8, 4) is 11.5 Å². The molecule has 2 heterocycles. The molecule has 1 aromatic carbocycles. The van der Waals surface area contributed by atoms with Gasteiger partial charge in [-0.1, -0.05) is 47.5 Å². The van der Waals surface area contributed by atoms with E-state index in [4.69, 9.17) is 18.1 Å². The van der Waals surface area contributed by atoms with Gasteiger partial charge in [0.1, 0.15) is 22.1 Å². The molecule has 0 amide bonds. The Bertz CT molecular complexity index is 867. The first-order chi connectivity index (χ1) is 13.9. The van der Waals surface area contributed by atoms with Crippen molar-refractivity contribution in [2.45, 2.75) is 47.5 Å². The standard InChI is InChI=1S/C20H32O8P2/c1-6-14(7-2)20(5)12-27-30(24,28-13-20)18-9-15(21)17(8-16(18)22)29(23)25-10-19(3,4)11-26-29/h8-9,14,21-22H,6-7,10-13H2,1-5H3. The van der Waals surface area contributed by atoms with Crippen molar-refractivity contribution in [3.63, 3.8) is 0 Å². The second-order valence-electron chi connectivity index (χ2n) is 9.25. The summed E-state index contributed by atoms with van der Waals surface area (Å²) in [6, 6.07) is 2.13. The molecular weight excluding hydrogens is 430 g/mol. The van der Waals surface area contributed by atoms with Crippen LogP contribution in [0.2, 0.25) is 0 Å². The molecule has 0 bridgehead atoms. The van der Waals surface area contributed by atoms with Crippen LogP contribution in [0.4, 0.5) is 0 Å². The average Bonchev–Trinajstić information content (AvgIpc) is 2.69. The van der Waals surface area contributed by atoms with E-state index in [1.807, 2.05) is 20.8 Å². The van der Waals surface area contributed by atoms with Crippen molar-refractivity contribution < 1.29 is 37.4 Å². The van der Waals surface area contributed by atoms with E-state index in [-0.39, 0.29) is 47.9 Å². The fraction of sp³-hybridized carbons (Fsp3) is 0.700. The van der Waals surface area contributed by atoms with Gasteiger partial charge in [-0.2, -0.15) is 0 Å². The summed E-state index contributed by atoms with van der Waals surface area (Å²) in [4.78, 5) is 0. The molecule has 0 aliphatic carbocycles. The summed E-state index contributed by atoms with van der Waals surface area (Å²) in [7, 11) is -7.67. The zero-order valence-corrected chi connectivity index (χ0v) is 20.0. The summed E-state index contributed by atoms with van der Waals surface area (Å²) < 4.78 is 48.5. The number of benzene rings is 1. The Hall–Kier alpha value is -0.880. The smallest absolute Gasteiger partial charge is 0.365 e. The topological polar surface area (TPSA) is 112 Å². The quantitative estimate of drug-likeness (QED) is 0.492. The minimum Gasteiger partial charge on any atom is -0.507 e. The monoisotopic (exact) mass is 462 g/mol. The number of rotatable bonds is 5. The highest BCUT2D eigenvalue weighted by Gasteiger charge is 2.46. The normalized spacial score (nSPS) is 31.0. The van der Waals surface area contributed by atoms with Crippen LogP contribution in [0.5, 0.6) is 11.5 Å². The van der Waals surface area contributed by atoms with Crippen LogP contribution >= 0.6 is 15.2 Å². The van der Waals surface area contributed by atoms with Gasteiger partial charge < -0.3 is 28.3 Å². The fourth-order valence-corrected chi connectivity index (χ4v) is 7.85. The van der Waals surface area contributed by atoms with Gasteiger partial charge in [-0.15, -0.1) is 0 Å². The van der Waals surface area contributed by atoms with Gasteiger partial charge in [0.15, 0.2) is 0 Å². The Morgan fingerprint density at radius 2 is 1.20 bits per heavy atom. The molecule has 2 aliphatic rings. The Morgan fingerprint density at radius 3 is 1.57 bits per heavy atom. The van der Waals surface area contributed by atoms with Gasteiger partial charge in [-0.05, 0) is 18.1 Å². The van der Waals surface area contributed by atoms with Crippen LogP contribution in [0.3, 0.4) is 0 Å². The van der Waals surface area contributed by atoms with Crippen molar-refractivity contribution in [1.29, 1.82) is 0 Å². The van der Waals surface area contributed by atoms with E-state index >= 15 is 0 Å². The summed E-state index contributed by atoms with van der Waals surface area (Å²) in [6.45, 7) is 10.8. The highest BCUT2D eigenvalue weighted by Crippen LogP contribution is 2.58. The third kappa shape index (κ3) is 4.36. The highest BCUT2D eigenvalue weighted by molar-refractivity contribution is 7.63. The molecule has 30 heavy (non-hydrogen) atoms. The van der Waals surface area contributed by atoms with E-state index in [9.17, 15) is 19.3 Å². The lowest BCUT2D eigenvalue weighted by molar-refractivity contribution is -0.0105. The van der Waals surface area contributed by atoms with E-state index in [0.29, 0.717) is 5.92 Å². The van der Waals surface area contributed by atoms with E-state index in [2.05, 4.69) is 13.8 Å². The third-order valence-corrected chi connectivity index (χ3v) is 9.78. The molecule has 2 aliphatic heterocycles. The Labute approximate surface area is 177 Å². The molecule has 0 unspecified atom stereocenters. The predicted molar refractivity (Wildman–Crippen MR) is 114 cm³/mol. The van der Waals surface area contributed by atoms with E-state index in [0.717, 1.165) is 25.0 Å². The van der Waals surface area contributed by atoms with Crippen molar-refractivity contribution in [3.05, 3.63) is 12.1 Å². The van der Waals surface area contributed by atoms with E-state index in [1.165, 1.54) is 0 Å². The molecule has 2 N–H and O–H groups in total. The first-order valence-corrected chi connectivity index (χ1v) is 13.3. The van der Waals surface area contributed by atoms with Crippen LogP contribution in [0, 0.1) is 16.7 Å². The number of phenols is 2. The molecule has 170 valence electrons. The van der Waals surface area contributed by atoms with Gasteiger partial charge in [-0.3, -0.25) is 9.13 Å².